The lowest BCUT2D eigenvalue weighted by atomic mass is 10.3. The highest BCUT2D eigenvalue weighted by atomic mass is 35.5. The lowest BCUT2D eigenvalue weighted by molar-refractivity contribution is 0.203. The van der Waals surface area contributed by atoms with E-state index in [0.717, 1.165) is 12.1 Å². The van der Waals surface area contributed by atoms with Crippen molar-refractivity contribution < 1.29 is 4.74 Å². The molecule has 1 atom stereocenters. The van der Waals surface area contributed by atoms with E-state index in [9.17, 15) is 0 Å². The van der Waals surface area contributed by atoms with Crippen LogP contribution in [0.1, 0.15) is 45.9 Å². The van der Waals surface area contributed by atoms with Crippen molar-refractivity contribution in [2.45, 2.75) is 46.3 Å². The fourth-order valence-electron chi connectivity index (χ4n) is 1.98. The van der Waals surface area contributed by atoms with Gasteiger partial charge in [0.25, 0.3) is 0 Å². The highest BCUT2D eigenvalue weighted by Gasteiger charge is 2.16. The van der Waals surface area contributed by atoms with E-state index in [1.54, 1.807) is 30.7 Å². The Kier molecular flexibility index (Phi) is 6.08. The first-order valence-corrected chi connectivity index (χ1v) is 8.40. The Balaban J connectivity index is 2.49. The number of benzene rings is 1. The summed E-state index contributed by atoms with van der Waals surface area (Å²) < 4.78 is 8.04. The zero-order valence-electron chi connectivity index (χ0n) is 13.8. The third kappa shape index (κ3) is 4.49. The number of aromatic nitrogens is 2. The van der Waals surface area contributed by atoms with E-state index in [1.807, 2.05) is 11.5 Å². The van der Waals surface area contributed by atoms with Crippen LogP contribution in [0.15, 0.2) is 35.7 Å². The third-order valence-corrected chi connectivity index (χ3v) is 4.00. The second-order valence-corrected chi connectivity index (χ2v) is 6.47. The SMILES string of the molecule is CCC(C)O/C(=N\c1ccc(Cl)cc1Cl)c1cncn1C(C)C. The van der Waals surface area contributed by atoms with Crippen LogP contribution in [0.5, 0.6) is 0 Å². The molecule has 1 heterocycles. The van der Waals surface area contributed by atoms with Crippen LogP contribution >= 0.6 is 23.2 Å². The van der Waals surface area contributed by atoms with Crippen LogP contribution in [-0.4, -0.2) is 21.6 Å². The van der Waals surface area contributed by atoms with Crippen molar-refractivity contribution >= 4 is 34.8 Å². The average molecular weight is 354 g/mol. The number of imidazole rings is 1. The van der Waals surface area contributed by atoms with Crippen LogP contribution in [-0.2, 0) is 4.74 Å². The van der Waals surface area contributed by atoms with Crippen molar-refractivity contribution in [1.82, 2.24) is 9.55 Å². The topological polar surface area (TPSA) is 39.4 Å². The summed E-state index contributed by atoms with van der Waals surface area (Å²) in [5, 5.41) is 1.06. The van der Waals surface area contributed by atoms with Crippen LogP contribution in [0.3, 0.4) is 0 Å². The van der Waals surface area contributed by atoms with Gasteiger partial charge in [0.05, 0.1) is 29.3 Å². The first kappa shape index (κ1) is 17.8. The molecule has 124 valence electrons. The first-order chi connectivity index (χ1) is 10.9. The Hall–Kier alpha value is -1.52. The lowest BCUT2D eigenvalue weighted by Gasteiger charge is -2.18. The second-order valence-electron chi connectivity index (χ2n) is 5.63. The smallest absolute Gasteiger partial charge is 0.240 e. The summed E-state index contributed by atoms with van der Waals surface area (Å²) in [4.78, 5) is 8.84. The molecule has 4 nitrogen and oxygen atoms in total. The van der Waals surface area contributed by atoms with Crippen LogP contribution in [0.25, 0.3) is 0 Å². The molecule has 0 fully saturated rings. The van der Waals surface area contributed by atoms with Crippen molar-refractivity contribution in [2.24, 2.45) is 4.99 Å². The largest absolute Gasteiger partial charge is 0.473 e. The molecule has 2 aromatic rings. The van der Waals surface area contributed by atoms with Crippen LogP contribution in [0.4, 0.5) is 5.69 Å². The summed E-state index contributed by atoms with van der Waals surface area (Å²) in [6, 6.07) is 5.45. The summed E-state index contributed by atoms with van der Waals surface area (Å²) >= 11 is 12.2. The van der Waals surface area contributed by atoms with Gasteiger partial charge in [0.15, 0.2) is 0 Å². The van der Waals surface area contributed by atoms with E-state index >= 15 is 0 Å². The van der Waals surface area contributed by atoms with E-state index in [0.29, 0.717) is 21.6 Å². The maximum Gasteiger partial charge on any atom is 0.240 e. The molecule has 0 N–H and O–H groups in total. The number of rotatable bonds is 5. The molecule has 0 amide bonds. The molecule has 0 saturated carbocycles. The molecule has 0 radical (unpaired) electrons. The quantitative estimate of drug-likeness (QED) is 0.513. The fourth-order valence-corrected chi connectivity index (χ4v) is 2.43. The van der Waals surface area contributed by atoms with Crippen molar-refractivity contribution in [3.05, 3.63) is 46.5 Å². The van der Waals surface area contributed by atoms with Gasteiger partial charge in [0.2, 0.25) is 5.90 Å². The van der Waals surface area contributed by atoms with E-state index < -0.39 is 0 Å². The molecule has 0 bridgehead atoms. The lowest BCUT2D eigenvalue weighted by Crippen LogP contribution is -2.19. The summed E-state index contributed by atoms with van der Waals surface area (Å²) in [5.74, 6) is 0.509. The minimum Gasteiger partial charge on any atom is -0.473 e. The van der Waals surface area contributed by atoms with Crippen molar-refractivity contribution in [3.63, 3.8) is 0 Å². The van der Waals surface area contributed by atoms with E-state index in [1.165, 1.54) is 0 Å². The van der Waals surface area contributed by atoms with E-state index in [-0.39, 0.29) is 12.1 Å². The fraction of sp³-hybridized carbons (Fsp3) is 0.412. The van der Waals surface area contributed by atoms with Crippen molar-refractivity contribution in [1.29, 1.82) is 0 Å². The number of ether oxygens (including phenoxy) is 1. The zero-order chi connectivity index (χ0) is 17.0. The van der Waals surface area contributed by atoms with E-state index in [2.05, 4.69) is 30.7 Å². The van der Waals surface area contributed by atoms with E-state index in [4.69, 9.17) is 27.9 Å². The first-order valence-electron chi connectivity index (χ1n) is 7.65. The Morgan fingerprint density at radius 2 is 2.04 bits per heavy atom. The van der Waals surface area contributed by atoms with Gasteiger partial charge in [-0.05, 0) is 45.4 Å². The Morgan fingerprint density at radius 1 is 1.30 bits per heavy atom. The minimum absolute atomic E-state index is 0.0373. The van der Waals surface area contributed by atoms with Crippen molar-refractivity contribution in [2.75, 3.05) is 0 Å². The molecule has 1 aromatic heterocycles. The Morgan fingerprint density at radius 3 is 2.65 bits per heavy atom. The number of nitrogens with zero attached hydrogens (tertiary/aromatic N) is 3. The molecule has 0 spiro atoms. The maximum atomic E-state index is 6.24. The molecular formula is C17H21Cl2N3O. The number of hydrogen-bond acceptors (Lipinski definition) is 3. The molecule has 0 aliphatic carbocycles. The highest BCUT2D eigenvalue weighted by molar-refractivity contribution is 6.36. The maximum absolute atomic E-state index is 6.24. The zero-order valence-corrected chi connectivity index (χ0v) is 15.3. The molecule has 2 rings (SSSR count). The highest BCUT2D eigenvalue weighted by Crippen LogP contribution is 2.29. The average Bonchev–Trinajstić information content (AvgIpc) is 2.98. The predicted molar refractivity (Wildman–Crippen MR) is 96.1 cm³/mol. The van der Waals surface area contributed by atoms with Crippen LogP contribution in [0, 0.1) is 0 Å². The molecule has 1 unspecified atom stereocenters. The number of aliphatic imine (C=N–C) groups is 1. The molecule has 1 aromatic carbocycles. The van der Waals surface area contributed by atoms with Gasteiger partial charge in [-0.2, -0.15) is 0 Å². The summed E-state index contributed by atoms with van der Waals surface area (Å²) in [6.07, 6.45) is 4.45. The molecule has 23 heavy (non-hydrogen) atoms. The molecule has 0 aliphatic heterocycles. The normalized spacial score (nSPS) is 13.4. The molecule has 0 aliphatic rings. The summed E-state index contributed by atoms with van der Waals surface area (Å²) in [5.41, 5.74) is 1.44. The van der Waals surface area contributed by atoms with Gasteiger partial charge in [-0.1, -0.05) is 30.1 Å². The van der Waals surface area contributed by atoms with Gasteiger partial charge in [-0.3, -0.25) is 0 Å². The Bertz CT molecular complexity index is 695. The van der Waals surface area contributed by atoms with Gasteiger partial charge in [0.1, 0.15) is 5.69 Å². The van der Waals surface area contributed by atoms with Gasteiger partial charge in [0, 0.05) is 11.1 Å². The number of halogens is 2. The number of hydrogen-bond donors (Lipinski definition) is 0. The monoisotopic (exact) mass is 353 g/mol. The van der Waals surface area contributed by atoms with Crippen LogP contribution in [0.2, 0.25) is 10.0 Å². The van der Waals surface area contributed by atoms with Crippen LogP contribution < -0.4 is 0 Å². The summed E-state index contributed by atoms with van der Waals surface area (Å²) in [7, 11) is 0. The summed E-state index contributed by atoms with van der Waals surface area (Å²) in [6.45, 7) is 8.25. The molecule has 6 heteroatoms. The molecular weight excluding hydrogens is 333 g/mol. The second kappa shape index (κ2) is 7.84. The van der Waals surface area contributed by atoms with Gasteiger partial charge >= 0.3 is 0 Å². The van der Waals surface area contributed by atoms with Gasteiger partial charge < -0.3 is 9.30 Å². The third-order valence-electron chi connectivity index (χ3n) is 3.46. The minimum atomic E-state index is 0.0373. The van der Waals surface area contributed by atoms with Crippen molar-refractivity contribution in [3.8, 4) is 0 Å². The Labute approximate surface area is 147 Å². The predicted octanol–water partition coefficient (Wildman–Crippen LogP) is 5.66. The van der Waals surface area contributed by atoms with Gasteiger partial charge in [-0.15, -0.1) is 0 Å². The standard InChI is InChI=1S/C17H21Cl2N3O/c1-5-12(4)23-17(16-9-20-10-22(16)11(2)3)21-15-7-6-13(18)8-14(15)19/h6-12H,5H2,1-4H3/b21-17-. The molecule has 0 saturated heterocycles. The van der Waals surface area contributed by atoms with Gasteiger partial charge in [-0.25, -0.2) is 9.98 Å².